The van der Waals surface area contributed by atoms with Crippen LogP contribution in [0.1, 0.15) is 16.8 Å². The summed E-state index contributed by atoms with van der Waals surface area (Å²) in [5, 5.41) is 28.2. The Morgan fingerprint density at radius 1 is 1.18 bits per heavy atom. The van der Waals surface area contributed by atoms with E-state index in [4.69, 9.17) is 0 Å². The van der Waals surface area contributed by atoms with Crippen LogP contribution in [-0.2, 0) is 0 Å². The average Bonchev–Trinajstić information content (AvgIpc) is 2.28. The third kappa shape index (κ3) is 2.43. The Labute approximate surface area is 98.1 Å². The summed E-state index contributed by atoms with van der Waals surface area (Å²) in [4.78, 5) is 12.0. The van der Waals surface area contributed by atoms with Gasteiger partial charge in [-0.25, -0.2) is 0 Å². The van der Waals surface area contributed by atoms with Gasteiger partial charge >= 0.3 is 0 Å². The van der Waals surface area contributed by atoms with Crippen molar-refractivity contribution in [3.05, 3.63) is 59.4 Å². The Morgan fingerprint density at radius 3 is 2.41 bits per heavy atom. The molecule has 4 nitrogen and oxygen atoms in total. The maximum atomic E-state index is 12.0. The van der Waals surface area contributed by atoms with E-state index in [0.29, 0.717) is 5.56 Å². The number of hydrogen-bond donors (Lipinski definition) is 3. The molecule has 0 saturated heterocycles. The van der Waals surface area contributed by atoms with Crippen molar-refractivity contribution >= 4 is 5.78 Å². The fraction of sp³-hybridized carbons (Fsp3) is 0.154. The zero-order valence-electron chi connectivity index (χ0n) is 9.00. The number of carbonyl (C=O) groups is 1. The fourth-order valence-electron chi connectivity index (χ4n) is 1.67. The van der Waals surface area contributed by atoms with E-state index >= 15 is 0 Å². The minimum Gasteiger partial charge on any atom is -0.511 e. The molecule has 0 fully saturated rings. The monoisotopic (exact) mass is 232 g/mol. The first-order chi connectivity index (χ1) is 7.99. The molecule has 0 amide bonds. The third-order valence-corrected chi connectivity index (χ3v) is 2.54. The van der Waals surface area contributed by atoms with Crippen LogP contribution in [0.5, 0.6) is 0 Å². The number of rotatable bonds is 2. The summed E-state index contributed by atoms with van der Waals surface area (Å²) < 4.78 is 0. The van der Waals surface area contributed by atoms with Gasteiger partial charge < -0.3 is 15.3 Å². The van der Waals surface area contributed by atoms with E-state index in [1.54, 1.807) is 30.3 Å². The van der Waals surface area contributed by atoms with E-state index in [2.05, 4.69) is 0 Å². The highest BCUT2D eigenvalue weighted by Crippen LogP contribution is 2.25. The van der Waals surface area contributed by atoms with Crippen LogP contribution in [0.2, 0.25) is 0 Å². The minimum atomic E-state index is -2.08. The maximum Gasteiger partial charge on any atom is 0.196 e. The van der Waals surface area contributed by atoms with Gasteiger partial charge in [-0.3, -0.25) is 4.79 Å². The number of benzene rings is 1. The average molecular weight is 232 g/mol. The second-order valence-electron chi connectivity index (χ2n) is 3.94. The highest BCUT2D eigenvalue weighted by molar-refractivity contribution is 6.11. The standard InChI is InChI=1S/C13H12O4/c14-11-8-13(16,17)7-6-10(11)12(15)9-4-2-1-3-5-9/h1-7,14,16-17H,8H2. The molecule has 1 aliphatic rings. The van der Waals surface area contributed by atoms with Crippen LogP contribution < -0.4 is 0 Å². The Hall–Kier alpha value is -1.91. The number of aliphatic hydroxyl groups excluding tert-OH is 1. The summed E-state index contributed by atoms with van der Waals surface area (Å²) in [7, 11) is 0. The number of allylic oxidation sites excluding steroid dienone is 2. The van der Waals surface area contributed by atoms with Crippen LogP contribution in [-0.4, -0.2) is 26.9 Å². The van der Waals surface area contributed by atoms with Gasteiger partial charge in [0.2, 0.25) is 0 Å². The first-order valence-electron chi connectivity index (χ1n) is 5.15. The molecule has 3 N–H and O–H groups in total. The topological polar surface area (TPSA) is 77.8 Å². The van der Waals surface area contributed by atoms with Crippen molar-refractivity contribution < 1.29 is 20.1 Å². The molecule has 1 aliphatic carbocycles. The van der Waals surface area contributed by atoms with Crippen molar-refractivity contribution in [2.45, 2.75) is 12.2 Å². The molecule has 0 radical (unpaired) electrons. The van der Waals surface area contributed by atoms with Gasteiger partial charge in [-0.2, -0.15) is 0 Å². The van der Waals surface area contributed by atoms with Gasteiger partial charge in [-0.1, -0.05) is 30.3 Å². The van der Waals surface area contributed by atoms with Crippen molar-refractivity contribution in [1.82, 2.24) is 0 Å². The van der Waals surface area contributed by atoms with E-state index in [-0.39, 0.29) is 23.5 Å². The van der Waals surface area contributed by atoms with E-state index in [9.17, 15) is 20.1 Å². The molecule has 0 spiro atoms. The number of Topliss-reactive ketones (excluding diaryl/α,β-unsaturated/α-hetero) is 1. The maximum absolute atomic E-state index is 12.0. The van der Waals surface area contributed by atoms with E-state index < -0.39 is 5.79 Å². The van der Waals surface area contributed by atoms with E-state index in [1.807, 2.05) is 0 Å². The molecule has 0 aromatic heterocycles. The first-order valence-corrected chi connectivity index (χ1v) is 5.15. The predicted octanol–water partition coefficient (Wildman–Crippen LogP) is 1.32. The quantitative estimate of drug-likeness (QED) is 0.531. The van der Waals surface area contributed by atoms with Gasteiger partial charge in [0.1, 0.15) is 5.76 Å². The van der Waals surface area contributed by atoms with Crippen LogP contribution in [0.4, 0.5) is 0 Å². The van der Waals surface area contributed by atoms with Gasteiger partial charge in [0.15, 0.2) is 11.6 Å². The molecule has 0 aliphatic heterocycles. The minimum absolute atomic E-state index is 0.0925. The van der Waals surface area contributed by atoms with E-state index in [0.717, 1.165) is 6.08 Å². The van der Waals surface area contributed by atoms with Gasteiger partial charge in [-0.05, 0) is 12.2 Å². The lowest BCUT2D eigenvalue weighted by Crippen LogP contribution is -2.29. The molecule has 2 rings (SSSR count). The lowest BCUT2D eigenvalue weighted by Gasteiger charge is -2.22. The Morgan fingerprint density at radius 2 is 1.82 bits per heavy atom. The molecule has 0 bridgehead atoms. The summed E-state index contributed by atoms with van der Waals surface area (Å²) in [6.07, 6.45) is 1.94. The summed E-state index contributed by atoms with van der Waals surface area (Å²) in [5.74, 6) is -2.73. The normalized spacial score (nSPS) is 18.2. The SMILES string of the molecule is O=C(C1=C(O)CC(O)(O)C=C1)c1ccccc1. The summed E-state index contributed by atoms with van der Waals surface area (Å²) in [5.41, 5.74) is 0.539. The van der Waals surface area contributed by atoms with Crippen molar-refractivity contribution in [1.29, 1.82) is 0 Å². The Bertz CT molecular complexity index is 497. The summed E-state index contributed by atoms with van der Waals surface area (Å²) >= 11 is 0. The third-order valence-electron chi connectivity index (χ3n) is 2.54. The summed E-state index contributed by atoms with van der Waals surface area (Å²) in [6, 6.07) is 8.50. The molecular formula is C13H12O4. The smallest absolute Gasteiger partial charge is 0.196 e. The molecule has 1 aromatic carbocycles. The van der Waals surface area contributed by atoms with Crippen molar-refractivity contribution in [3.8, 4) is 0 Å². The zero-order chi connectivity index (χ0) is 12.5. The highest BCUT2D eigenvalue weighted by atomic mass is 16.5. The number of carbonyl (C=O) groups excluding carboxylic acids is 1. The molecular weight excluding hydrogens is 220 g/mol. The van der Waals surface area contributed by atoms with Crippen LogP contribution in [0.3, 0.4) is 0 Å². The van der Waals surface area contributed by atoms with Crippen LogP contribution in [0.25, 0.3) is 0 Å². The molecule has 0 unspecified atom stereocenters. The predicted molar refractivity (Wildman–Crippen MR) is 61.4 cm³/mol. The largest absolute Gasteiger partial charge is 0.511 e. The number of ketones is 1. The molecule has 4 heteroatoms. The van der Waals surface area contributed by atoms with Crippen molar-refractivity contribution in [2.24, 2.45) is 0 Å². The lowest BCUT2D eigenvalue weighted by molar-refractivity contribution is -0.122. The van der Waals surface area contributed by atoms with Crippen LogP contribution >= 0.6 is 0 Å². The van der Waals surface area contributed by atoms with Gasteiger partial charge in [0.25, 0.3) is 0 Å². The molecule has 0 heterocycles. The van der Waals surface area contributed by atoms with Crippen LogP contribution in [0.15, 0.2) is 53.8 Å². The second-order valence-corrected chi connectivity index (χ2v) is 3.94. The molecule has 0 saturated carbocycles. The lowest BCUT2D eigenvalue weighted by atomic mass is 9.94. The zero-order valence-corrected chi connectivity index (χ0v) is 9.00. The first kappa shape index (κ1) is 11.6. The van der Waals surface area contributed by atoms with Crippen LogP contribution in [0, 0.1) is 0 Å². The van der Waals surface area contributed by atoms with Crippen molar-refractivity contribution in [2.75, 3.05) is 0 Å². The van der Waals surface area contributed by atoms with Gasteiger partial charge in [-0.15, -0.1) is 0 Å². The molecule has 88 valence electrons. The molecule has 17 heavy (non-hydrogen) atoms. The second kappa shape index (κ2) is 4.16. The fourth-order valence-corrected chi connectivity index (χ4v) is 1.67. The summed E-state index contributed by atoms with van der Waals surface area (Å²) in [6.45, 7) is 0. The van der Waals surface area contributed by atoms with Gasteiger partial charge in [0, 0.05) is 5.56 Å². The van der Waals surface area contributed by atoms with Crippen molar-refractivity contribution in [3.63, 3.8) is 0 Å². The Balaban J connectivity index is 2.31. The highest BCUT2D eigenvalue weighted by Gasteiger charge is 2.29. The number of hydrogen-bond acceptors (Lipinski definition) is 4. The van der Waals surface area contributed by atoms with Gasteiger partial charge in [0.05, 0.1) is 12.0 Å². The van der Waals surface area contributed by atoms with E-state index in [1.165, 1.54) is 6.08 Å². The molecule has 1 aromatic rings. The number of aliphatic hydroxyl groups is 3. The Kier molecular flexibility index (Phi) is 2.83. The molecule has 0 atom stereocenters.